The second kappa shape index (κ2) is 10.5. The van der Waals surface area contributed by atoms with Crippen LogP contribution in [0.1, 0.15) is 80.4 Å². The molecule has 2 heterocycles. The predicted octanol–water partition coefficient (Wildman–Crippen LogP) is 5.58. The van der Waals surface area contributed by atoms with Gasteiger partial charge in [0, 0.05) is 18.2 Å². The van der Waals surface area contributed by atoms with Crippen LogP contribution in [-0.2, 0) is 17.8 Å². The smallest absolute Gasteiger partial charge is 0.273 e. The number of aromatic nitrogens is 2. The first-order valence-electron chi connectivity index (χ1n) is 13.7. The van der Waals surface area contributed by atoms with Crippen molar-refractivity contribution in [2.24, 2.45) is 0 Å². The van der Waals surface area contributed by atoms with Crippen LogP contribution in [0.25, 0.3) is 11.3 Å². The molecule has 5 rings (SSSR count). The zero-order chi connectivity index (χ0) is 26.0. The number of nitrogens with one attached hydrogen (secondary N) is 1. The van der Waals surface area contributed by atoms with Gasteiger partial charge in [0.2, 0.25) is 5.91 Å². The molecule has 0 radical (unpaired) electrons. The van der Waals surface area contributed by atoms with Crippen LogP contribution >= 0.6 is 0 Å². The lowest BCUT2D eigenvalue weighted by atomic mass is 9.91. The molecule has 1 saturated carbocycles. The summed E-state index contributed by atoms with van der Waals surface area (Å²) >= 11 is 0. The van der Waals surface area contributed by atoms with Gasteiger partial charge in [-0.05, 0) is 49.3 Å². The van der Waals surface area contributed by atoms with Gasteiger partial charge in [0.25, 0.3) is 5.91 Å². The van der Waals surface area contributed by atoms with E-state index in [0.717, 1.165) is 42.5 Å². The van der Waals surface area contributed by atoms with Gasteiger partial charge in [0.05, 0.1) is 12.2 Å². The van der Waals surface area contributed by atoms with Crippen LogP contribution in [0.4, 0.5) is 0 Å². The van der Waals surface area contributed by atoms with Crippen LogP contribution in [0.2, 0.25) is 0 Å². The number of carbonyl (C=O) groups excluding carboxylic acids is 2. The number of nitrogens with zero attached hydrogens (tertiary/aromatic N) is 3. The van der Waals surface area contributed by atoms with Gasteiger partial charge in [-0.15, -0.1) is 0 Å². The van der Waals surface area contributed by atoms with Crippen LogP contribution in [0, 0.1) is 0 Å². The third-order valence-corrected chi connectivity index (χ3v) is 8.07. The van der Waals surface area contributed by atoms with Crippen LogP contribution in [0.5, 0.6) is 0 Å². The lowest BCUT2D eigenvalue weighted by molar-refractivity contribution is -0.134. The number of hydrogen-bond acceptors (Lipinski definition) is 3. The van der Waals surface area contributed by atoms with Crippen molar-refractivity contribution in [1.29, 1.82) is 0 Å². The van der Waals surface area contributed by atoms with Crippen molar-refractivity contribution in [3.63, 3.8) is 0 Å². The summed E-state index contributed by atoms with van der Waals surface area (Å²) in [5.41, 5.74) is 3.68. The van der Waals surface area contributed by atoms with Crippen LogP contribution in [-0.4, -0.2) is 44.6 Å². The molecule has 2 aromatic carbocycles. The second-order valence-electron chi connectivity index (χ2n) is 11.1. The van der Waals surface area contributed by atoms with Gasteiger partial charge in [0.15, 0.2) is 0 Å². The van der Waals surface area contributed by atoms with Crippen LogP contribution in [0.15, 0.2) is 60.7 Å². The molecular formula is C31H38N4O2. The normalized spacial score (nSPS) is 20.2. The molecule has 1 N–H and O–H groups in total. The Labute approximate surface area is 220 Å². The second-order valence-corrected chi connectivity index (χ2v) is 11.1. The number of amides is 2. The van der Waals surface area contributed by atoms with Gasteiger partial charge in [-0.1, -0.05) is 87.7 Å². The number of rotatable bonds is 7. The summed E-state index contributed by atoms with van der Waals surface area (Å²) in [6.45, 7) is 7.06. The van der Waals surface area contributed by atoms with E-state index in [-0.39, 0.29) is 17.9 Å². The summed E-state index contributed by atoms with van der Waals surface area (Å²) in [7, 11) is 0. The molecule has 6 heteroatoms. The molecular weight excluding hydrogens is 460 g/mol. The first-order chi connectivity index (χ1) is 17.8. The van der Waals surface area contributed by atoms with Gasteiger partial charge in [-0.2, -0.15) is 5.10 Å². The van der Waals surface area contributed by atoms with Crippen molar-refractivity contribution in [1.82, 2.24) is 20.0 Å². The number of fused-ring (bicyclic) bond motifs is 1. The average Bonchev–Trinajstić information content (AvgIpc) is 3.33. The molecule has 1 aromatic heterocycles. The zero-order valence-corrected chi connectivity index (χ0v) is 22.2. The summed E-state index contributed by atoms with van der Waals surface area (Å²) in [6, 6.07) is 20.6. The van der Waals surface area contributed by atoms with Crippen molar-refractivity contribution < 1.29 is 9.59 Å². The van der Waals surface area contributed by atoms with Crippen molar-refractivity contribution in [2.75, 3.05) is 6.54 Å². The molecule has 2 aliphatic rings. The molecule has 6 nitrogen and oxygen atoms in total. The Kier molecular flexibility index (Phi) is 7.18. The quantitative estimate of drug-likeness (QED) is 0.462. The van der Waals surface area contributed by atoms with Gasteiger partial charge >= 0.3 is 0 Å². The monoisotopic (exact) mass is 498 g/mol. The summed E-state index contributed by atoms with van der Waals surface area (Å²) in [5, 5.41) is 8.10. The first-order valence-corrected chi connectivity index (χ1v) is 13.7. The Balaban J connectivity index is 1.45. The van der Waals surface area contributed by atoms with Crippen molar-refractivity contribution in [2.45, 2.75) is 83.3 Å². The lowest BCUT2D eigenvalue weighted by Crippen LogP contribution is -2.65. The SMILES string of the molecule is CC(C)c1ccc(-c2cc3n(n2)C[C@@](C)(C(=O)NC2CCCCC2)N(CCc2ccccc2)C3=O)cc1. The maximum Gasteiger partial charge on any atom is 0.273 e. The van der Waals surface area contributed by atoms with E-state index in [2.05, 4.69) is 55.6 Å². The van der Waals surface area contributed by atoms with Gasteiger partial charge in [0.1, 0.15) is 11.2 Å². The topological polar surface area (TPSA) is 67.2 Å². The number of carbonyl (C=O) groups is 2. The van der Waals surface area contributed by atoms with E-state index in [9.17, 15) is 9.59 Å². The standard InChI is InChI=1S/C31H38N4O2/c1-22(2)24-14-16-25(17-15-24)27-20-28-29(36)34(19-18-23-10-6-4-7-11-23)31(3,21-35(28)33-27)30(37)32-26-12-8-5-9-13-26/h4,6-7,10-11,14-17,20,22,26H,5,8-9,12-13,18-19,21H2,1-3H3,(H,32,37)/t31-/m0/s1. The number of hydrogen-bond donors (Lipinski definition) is 1. The predicted molar refractivity (Wildman–Crippen MR) is 146 cm³/mol. The van der Waals surface area contributed by atoms with E-state index >= 15 is 0 Å². The molecule has 0 unspecified atom stereocenters. The third-order valence-electron chi connectivity index (χ3n) is 8.07. The summed E-state index contributed by atoms with van der Waals surface area (Å²) in [5.74, 6) is 0.234. The minimum atomic E-state index is -1.01. The molecule has 0 spiro atoms. The fourth-order valence-electron chi connectivity index (χ4n) is 5.64. The summed E-state index contributed by atoms with van der Waals surface area (Å²) < 4.78 is 1.74. The first kappa shape index (κ1) is 25.2. The molecule has 2 amide bonds. The highest BCUT2D eigenvalue weighted by molar-refractivity contribution is 6.00. The molecule has 0 bridgehead atoms. The highest BCUT2D eigenvalue weighted by Gasteiger charge is 2.48. The van der Waals surface area contributed by atoms with E-state index < -0.39 is 5.54 Å². The maximum absolute atomic E-state index is 13.9. The minimum absolute atomic E-state index is 0.0789. The summed E-state index contributed by atoms with van der Waals surface area (Å²) in [6.07, 6.45) is 6.20. The van der Waals surface area contributed by atoms with Crippen molar-refractivity contribution >= 4 is 11.8 Å². The van der Waals surface area contributed by atoms with E-state index in [0.29, 0.717) is 31.1 Å². The highest BCUT2D eigenvalue weighted by Crippen LogP contribution is 2.31. The highest BCUT2D eigenvalue weighted by atomic mass is 16.2. The van der Waals surface area contributed by atoms with E-state index in [4.69, 9.17) is 5.10 Å². The molecule has 0 saturated heterocycles. The largest absolute Gasteiger partial charge is 0.351 e. The van der Waals surface area contributed by atoms with Gasteiger partial charge in [-0.25, -0.2) is 0 Å². The average molecular weight is 499 g/mol. The Bertz CT molecular complexity index is 1240. The fraction of sp³-hybridized carbons (Fsp3) is 0.452. The Hall–Kier alpha value is -3.41. The van der Waals surface area contributed by atoms with E-state index in [1.807, 2.05) is 31.2 Å². The minimum Gasteiger partial charge on any atom is -0.351 e. The van der Waals surface area contributed by atoms with Crippen LogP contribution < -0.4 is 5.32 Å². The fourth-order valence-corrected chi connectivity index (χ4v) is 5.64. The van der Waals surface area contributed by atoms with E-state index in [1.54, 1.807) is 9.58 Å². The molecule has 3 aromatic rings. The molecule has 37 heavy (non-hydrogen) atoms. The molecule has 194 valence electrons. The van der Waals surface area contributed by atoms with Crippen LogP contribution in [0.3, 0.4) is 0 Å². The molecule has 1 fully saturated rings. The van der Waals surface area contributed by atoms with Gasteiger partial charge < -0.3 is 10.2 Å². The Morgan fingerprint density at radius 2 is 1.76 bits per heavy atom. The maximum atomic E-state index is 13.9. The number of benzene rings is 2. The van der Waals surface area contributed by atoms with E-state index in [1.165, 1.54) is 12.0 Å². The molecule has 1 aliphatic carbocycles. The van der Waals surface area contributed by atoms with Crippen molar-refractivity contribution in [3.8, 4) is 11.3 Å². The Morgan fingerprint density at radius 1 is 1.05 bits per heavy atom. The Morgan fingerprint density at radius 3 is 2.43 bits per heavy atom. The summed E-state index contributed by atoms with van der Waals surface area (Å²) in [4.78, 5) is 29.5. The van der Waals surface area contributed by atoms with Crippen molar-refractivity contribution in [3.05, 3.63) is 77.5 Å². The lowest BCUT2D eigenvalue weighted by Gasteiger charge is -2.44. The molecule has 1 aliphatic heterocycles. The van der Waals surface area contributed by atoms with Gasteiger partial charge in [-0.3, -0.25) is 14.3 Å². The zero-order valence-electron chi connectivity index (χ0n) is 22.2. The third kappa shape index (κ3) is 5.20. The molecule has 1 atom stereocenters.